The van der Waals surface area contributed by atoms with Gasteiger partial charge in [-0.3, -0.25) is 4.79 Å². The van der Waals surface area contributed by atoms with E-state index >= 15 is 0 Å². The molecule has 2 aromatic rings. The van der Waals surface area contributed by atoms with Gasteiger partial charge in [0.25, 0.3) is 5.97 Å². The van der Waals surface area contributed by atoms with Crippen molar-refractivity contribution in [1.82, 2.24) is 9.80 Å². The summed E-state index contributed by atoms with van der Waals surface area (Å²) in [5.74, 6) is -0.833. The lowest BCUT2D eigenvalue weighted by atomic mass is 10.0. The Balaban J connectivity index is 0.000000471. The monoisotopic (exact) mass is 324 g/mol. The molecule has 0 atom stereocenters. The predicted octanol–water partition coefficient (Wildman–Crippen LogP) is 3.83. The number of hydrogen-bond acceptors (Lipinski definition) is 3. The second kappa shape index (κ2) is 8.20. The van der Waals surface area contributed by atoms with E-state index < -0.39 is 5.97 Å². The van der Waals surface area contributed by atoms with Crippen LogP contribution in [-0.4, -0.2) is 41.1 Å². The van der Waals surface area contributed by atoms with E-state index in [1.54, 1.807) is 0 Å². The fraction of sp³-hybridized carbons (Fsp3) is 0.250. The van der Waals surface area contributed by atoms with Gasteiger partial charge in [-0.25, -0.2) is 0 Å². The number of carboxylic acid groups (broad SMARTS) is 1. The number of aliphatic carboxylic acids is 1. The summed E-state index contributed by atoms with van der Waals surface area (Å²) >= 11 is 0. The minimum atomic E-state index is -0.833. The van der Waals surface area contributed by atoms with Crippen LogP contribution < -0.4 is 0 Å². The number of rotatable bonds is 3. The molecule has 0 radical (unpaired) electrons. The molecule has 1 aliphatic rings. The lowest BCUT2D eigenvalue weighted by molar-refractivity contribution is -0.134. The van der Waals surface area contributed by atoms with E-state index in [0.29, 0.717) is 0 Å². The zero-order chi connectivity index (χ0) is 17.5. The Bertz CT molecular complexity index is 692. The van der Waals surface area contributed by atoms with Gasteiger partial charge < -0.3 is 14.9 Å². The molecule has 0 unspecified atom stereocenters. The summed E-state index contributed by atoms with van der Waals surface area (Å²) < 4.78 is 0. The molecule has 0 spiro atoms. The SMILES string of the molecule is CC(=O)O.CCN1CN(C)C(c2ccccc2)=C1c1ccccc1. The summed E-state index contributed by atoms with van der Waals surface area (Å²) in [5.41, 5.74) is 5.22. The topological polar surface area (TPSA) is 43.8 Å². The lowest BCUT2D eigenvalue weighted by Crippen LogP contribution is -2.24. The molecule has 1 heterocycles. The minimum Gasteiger partial charge on any atom is -0.481 e. The molecule has 0 fully saturated rings. The molecule has 2 aromatic carbocycles. The van der Waals surface area contributed by atoms with Gasteiger partial charge in [0.1, 0.15) is 0 Å². The highest BCUT2D eigenvalue weighted by Crippen LogP contribution is 2.36. The minimum absolute atomic E-state index is 0.833. The van der Waals surface area contributed by atoms with Crippen molar-refractivity contribution < 1.29 is 9.90 Å². The van der Waals surface area contributed by atoms with E-state index in [2.05, 4.69) is 84.4 Å². The third kappa shape index (κ3) is 4.16. The second-order valence-corrected chi connectivity index (χ2v) is 5.64. The molecule has 1 aliphatic heterocycles. The van der Waals surface area contributed by atoms with Crippen molar-refractivity contribution in [2.24, 2.45) is 0 Å². The number of benzene rings is 2. The molecule has 1 N–H and O–H groups in total. The number of carboxylic acids is 1. The first-order chi connectivity index (χ1) is 11.5. The second-order valence-electron chi connectivity index (χ2n) is 5.64. The molecule has 24 heavy (non-hydrogen) atoms. The molecule has 0 amide bonds. The maximum absolute atomic E-state index is 9.00. The van der Waals surface area contributed by atoms with Crippen LogP contribution in [0.2, 0.25) is 0 Å². The molecule has 0 saturated carbocycles. The van der Waals surface area contributed by atoms with Gasteiger partial charge in [-0.15, -0.1) is 0 Å². The van der Waals surface area contributed by atoms with E-state index in [1.165, 1.54) is 22.5 Å². The van der Waals surface area contributed by atoms with Gasteiger partial charge >= 0.3 is 0 Å². The summed E-state index contributed by atoms with van der Waals surface area (Å²) in [5, 5.41) is 7.42. The van der Waals surface area contributed by atoms with Gasteiger partial charge in [-0.1, -0.05) is 60.7 Å². The summed E-state index contributed by atoms with van der Waals surface area (Å²) in [6.07, 6.45) is 0. The number of nitrogens with zero attached hydrogens (tertiary/aromatic N) is 2. The molecule has 0 bridgehead atoms. The lowest BCUT2D eigenvalue weighted by Gasteiger charge is -2.20. The molecule has 0 saturated heterocycles. The molecule has 0 aliphatic carbocycles. The van der Waals surface area contributed by atoms with Crippen LogP contribution in [0.25, 0.3) is 11.4 Å². The predicted molar refractivity (Wildman–Crippen MR) is 98.0 cm³/mol. The van der Waals surface area contributed by atoms with Crippen LogP contribution in [0.5, 0.6) is 0 Å². The van der Waals surface area contributed by atoms with E-state index in [0.717, 1.165) is 20.1 Å². The average Bonchev–Trinajstić information content (AvgIpc) is 2.92. The molecule has 4 heteroatoms. The van der Waals surface area contributed by atoms with Gasteiger partial charge in [-0.05, 0) is 18.1 Å². The van der Waals surface area contributed by atoms with Crippen LogP contribution in [0.15, 0.2) is 60.7 Å². The maximum Gasteiger partial charge on any atom is 0.300 e. The molecule has 0 aromatic heterocycles. The molecule has 4 nitrogen and oxygen atoms in total. The van der Waals surface area contributed by atoms with Gasteiger partial charge in [0.05, 0.1) is 18.1 Å². The van der Waals surface area contributed by atoms with Crippen LogP contribution in [0.4, 0.5) is 0 Å². The smallest absolute Gasteiger partial charge is 0.300 e. The van der Waals surface area contributed by atoms with Crippen molar-refractivity contribution in [2.45, 2.75) is 13.8 Å². The van der Waals surface area contributed by atoms with Crippen LogP contribution in [0, 0.1) is 0 Å². The Morgan fingerprint density at radius 3 is 1.79 bits per heavy atom. The highest BCUT2D eigenvalue weighted by atomic mass is 16.4. The van der Waals surface area contributed by atoms with Crippen molar-refractivity contribution in [2.75, 3.05) is 20.3 Å². The Morgan fingerprint density at radius 2 is 1.38 bits per heavy atom. The highest BCUT2D eigenvalue weighted by molar-refractivity contribution is 5.90. The zero-order valence-electron chi connectivity index (χ0n) is 14.4. The summed E-state index contributed by atoms with van der Waals surface area (Å²) in [7, 11) is 2.17. The van der Waals surface area contributed by atoms with Crippen molar-refractivity contribution >= 4 is 17.4 Å². The van der Waals surface area contributed by atoms with Crippen molar-refractivity contribution in [3.63, 3.8) is 0 Å². The number of carbonyl (C=O) groups is 1. The van der Waals surface area contributed by atoms with E-state index in [-0.39, 0.29) is 0 Å². The van der Waals surface area contributed by atoms with Gasteiger partial charge in [0, 0.05) is 20.5 Å². The molecular weight excluding hydrogens is 300 g/mol. The maximum atomic E-state index is 9.00. The summed E-state index contributed by atoms with van der Waals surface area (Å²) in [6.45, 7) is 5.26. The standard InChI is InChI=1S/C18H20N2.C2H4O2/c1-3-20-14-19(2)17(15-10-6-4-7-11-15)18(20)16-12-8-5-9-13-16;1-2(3)4/h4-13H,3,14H2,1-2H3;1H3,(H,3,4). The van der Waals surface area contributed by atoms with Gasteiger partial charge in [-0.2, -0.15) is 0 Å². The van der Waals surface area contributed by atoms with Crippen LogP contribution in [0.3, 0.4) is 0 Å². The highest BCUT2D eigenvalue weighted by Gasteiger charge is 2.27. The average molecular weight is 324 g/mol. The molecule has 3 rings (SSSR count). The number of hydrogen-bond donors (Lipinski definition) is 1. The van der Waals surface area contributed by atoms with E-state index in [4.69, 9.17) is 9.90 Å². The Labute approximate surface area is 143 Å². The van der Waals surface area contributed by atoms with Crippen LogP contribution in [0.1, 0.15) is 25.0 Å². The quantitative estimate of drug-likeness (QED) is 0.932. The fourth-order valence-corrected chi connectivity index (χ4v) is 2.85. The fourth-order valence-electron chi connectivity index (χ4n) is 2.85. The van der Waals surface area contributed by atoms with Crippen molar-refractivity contribution in [3.05, 3.63) is 71.8 Å². The largest absolute Gasteiger partial charge is 0.481 e. The van der Waals surface area contributed by atoms with Crippen LogP contribution >= 0.6 is 0 Å². The molecule has 126 valence electrons. The Kier molecular flexibility index (Phi) is 6.01. The summed E-state index contributed by atoms with van der Waals surface area (Å²) in [4.78, 5) is 13.8. The van der Waals surface area contributed by atoms with Crippen molar-refractivity contribution in [3.8, 4) is 0 Å². The van der Waals surface area contributed by atoms with E-state index in [9.17, 15) is 0 Å². The first-order valence-electron chi connectivity index (χ1n) is 8.05. The normalized spacial score (nSPS) is 13.6. The zero-order valence-corrected chi connectivity index (χ0v) is 14.4. The van der Waals surface area contributed by atoms with Gasteiger partial charge in [0.15, 0.2) is 0 Å². The summed E-state index contributed by atoms with van der Waals surface area (Å²) in [6, 6.07) is 21.3. The first kappa shape index (κ1) is 17.6. The third-order valence-corrected chi connectivity index (χ3v) is 3.78. The van der Waals surface area contributed by atoms with Crippen molar-refractivity contribution in [1.29, 1.82) is 0 Å². The molecular formula is C20H24N2O2. The Hall–Kier alpha value is -2.75. The van der Waals surface area contributed by atoms with E-state index in [1.807, 2.05) is 0 Å². The Morgan fingerprint density at radius 1 is 0.958 bits per heavy atom. The van der Waals surface area contributed by atoms with Crippen LogP contribution in [-0.2, 0) is 4.79 Å². The third-order valence-electron chi connectivity index (χ3n) is 3.78. The van der Waals surface area contributed by atoms with Gasteiger partial charge in [0.2, 0.25) is 0 Å². The first-order valence-corrected chi connectivity index (χ1v) is 8.05.